The van der Waals surface area contributed by atoms with Gasteiger partial charge in [0.25, 0.3) is 11.6 Å². The van der Waals surface area contributed by atoms with Crippen LogP contribution in [0.4, 0.5) is 10.4 Å². The zero-order valence-electron chi connectivity index (χ0n) is 13.6. The second kappa shape index (κ2) is 6.64. The number of rotatable bonds is 4. The first-order chi connectivity index (χ1) is 12.2. The first-order valence-corrected chi connectivity index (χ1v) is 8.24. The number of hydrogen-bond acceptors (Lipinski definition) is 6. The predicted molar refractivity (Wildman–Crippen MR) is 91.1 cm³/mol. The molecule has 3 aromatic rings. The van der Waals surface area contributed by atoms with Crippen molar-refractivity contribution in [1.29, 1.82) is 0 Å². The quantitative estimate of drug-likeness (QED) is 0.712. The highest BCUT2D eigenvalue weighted by Crippen LogP contribution is 2.23. The summed E-state index contributed by atoms with van der Waals surface area (Å²) in [5.74, 6) is -0.329. The molecule has 0 N–H and O–H groups in total. The molecule has 0 bridgehead atoms. The minimum atomic E-state index is -0.329. The van der Waals surface area contributed by atoms with Gasteiger partial charge in [0.1, 0.15) is 11.3 Å². The summed E-state index contributed by atoms with van der Waals surface area (Å²) in [4.78, 5) is 20.4. The van der Waals surface area contributed by atoms with E-state index < -0.39 is 0 Å². The lowest BCUT2D eigenvalue weighted by atomic mass is 10.3. The van der Waals surface area contributed by atoms with Crippen molar-refractivity contribution in [3.8, 4) is 0 Å². The van der Waals surface area contributed by atoms with Gasteiger partial charge in [-0.2, -0.15) is 10.1 Å². The Morgan fingerprint density at radius 1 is 1.12 bits per heavy atom. The molecular formula is C17H18FN5O2. The van der Waals surface area contributed by atoms with Crippen molar-refractivity contribution in [2.24, 2.45) is 0 Å². The van der Waals surface area contributed by atoms with Gasteiger partial charge in [-0.15, -0.1) is 0 Å². The van der Waals surface area contributed by atoms with E-state index in [-0.39, 0.29) is 11.4 Å². The third-order valence-corrected chi connectivity index (χ3v) is 4.40. The number of oxazole rings is 1. The molecule has 1 aliphatic rings. The third kappa shape index (κ3) is 3.39. The van der Waals surface area contributed by atoms with Gasteiger partial charge >= 0.3 is 0 Å². The van der Waals surface area contributed by atoms with Crippen LogP contribution in [-0.2, 0) is 6.54 Å². The van der Waals surface area contributed by atoms with E-state index in [0.29, 0.717) is 23.7 Å². The fourth-order valence-corrected chi connectivity index (χ4v) is 2.98. The molecule has 1 aliphatic heterocycles. The molecule has 0 radical (unpaired) electrons. The lowest BCUT2D eigenvalue weighted by Gasteiger charge is -2.33. The summed E-state index contributed by atoms with van der Waals surface area (Å²) in [6, 6.07) is 8.04. The maximum atomic E-state index is 13.3. The maximum Gasteiger partial charge on any atom is 0.298 e. The summed E-state index contributed by atoms with van der Waals surface area (Å²) in [5.41, 5.74) is 1.04. The van der Waals surface area contributed by atoms with Crippen molar-refractivity contribution in [2.75, 3.05) is 37.6 Å². The van der Waals surface area contributed by atoms with Gasteiger partial charge in [-0.3, -0.25) is 9.69 Å². The van der Waals surface area contributed by atoms with Crippen LogP contribution in [-0.4, -0.2) is 52.4 Å². The van der Waals surface area contributed by atoms with Crippen LogP contribution < -0.4 is 10.5 Å². The predicted octanol–water partition coefficient (Wildman–Crippen LogP) is 1.35. The van der Waals surface area contributed by atoms with Gasteiger partial charge in [0, 0.05) is 51.1 Å². The zero-order chi connectivity index (χ0) is 17.2. The van der Waals surface area contributed by atoms with Crippen LogP contribution in [0.3, 0.4) is 0 Å². The van der Waals surface area contributed by atoms with E-state index in [1.807, 2.05) is 0 Å². The number of nitrogens with zero attached hydrogens (tertiary/aromatic N) is 5. The van der Waals surface area contributed by atoms with Gasteiger partial charge in [-0.05, 0) is 18.2 Å². The van der Waals surface area contributed by atoms with E-state index in [0.717, 1.165) is 32.7 Å². The Morgan fingerprint density at radius 3 is 2.76 bits per heavy atom. The highest BCUT2D eigenvalue weighted by Gasteiger charge is 2.21. The van der Waals surface area contributed by atoms with Gasteiger partial charge in [0.2, 0.25) is 0 Å². The molecule has 0 amide bonds. The van der Waals surface area contributed by atoms with E-state index in [2.05, 4.69) is 19.9 Å². The van der Waals surface area contributed by atoms with Crippen molar-refractivity contribution >= 4 is 17.1 Å². The largest absolute Gasteiger partial charge is 0.423 e. The van der Waals surface area contributed by atoms with Crippen LogP contribution >= 0.6 is 0 Å². The fraction of sp³-hybridized carbons (Fsp3) is 0.353. The number of hydrogen-bond donors (Lipinski definition) is 0. The number of benzene rings is 1. The molecule has 0 saturated carbocycles. The molecule has 0 spiro atoms. The fourth-order valence-electron chi connectivity index (χ4n) is 2.98. The molecule has 3 heterocycles. The number of fused-ring (bicyclic) bond motifs is 1. The Hall–Kier alpha value is -2.74. The van der Waals surface area contributed by atoms with E-state index in [4.69, 9.17) is 4.42 Å². The Balaban J connectivity index is 1.36. The van der Waals surface area contributed by atoms with Crippen molar-refractivity contribution in [1.82, 2.24) is 19.7 Å². The Kier molecular flexibility index (Phi) is 4.19. The molecule has 7 nitrogen and oxygen atoms in total. The van der Waals surface area contributed by atoms with E-state index >= 15 is 0 Å². The third-order valence-electron chi connectivity index (χ3n) is 4.40. The average Bonchev–Trinajstić information content (AvgIpc) is 3.04. The van der Waals surface area contributed by atoms with Gasteiger partial charge in [0.15, 0.2) is 5.58 Å². The minimum Gasteiger partial charge on any atom is -0.423 e. The summed E-state index contributed by atoms with van der Waals surface area (Å²) in [6.45, 7) is 4.56. The monoisotopic (exact) mass is 343 g/mol. The number of halogens is 1. The van der Waals surface area contributed by atoms with Crippen LogP contribution in [0, 0.1) is 5.82 Å². The van der Waals surface area contributed by atoms with Crippen LogP contribution in [0.15, 0.2) is 45.7 Å². The summed E-state index contributed by atoms with van der Waals surface area (Å²) >= 11 is 0. The Labute approximate surface area is 143 Å². The zero-order valence-corrected chi connectivity index (χ0v) is 13.6. The Bertz CT molecular complexity index is 930. The standard InChI is InChI=1S/C17H18FN5O2/c18-13-3-4-14-15(12-13)25-17(20-14)22-9-6-21(7-10-22)8-11-23-16(24)2-1-5-19-23/h1-5,12H,6-11H2. The second-order valence-electron chi connectivity index (χ2n) is 6.02. The summed E-state index contributed by atoms with van der Waals surface area (Å²) in [7, 11) is 0. The summed E-state index contributed by atoms with van der Waals surface area (Å²) in [6.07, 6.45) is 1.62. The second-order valence-corrected chi connectivity index (χ2v) is 6.02. The van der Waals surface area contributed by atoms with Gasteiger partial charge in [-0.1, -0.05) is 0 Å². The number of piperazine rings is 1. The van der Waals surface area contributed by atoms with E-state index in [1.54, 1.807) is 18.3 Å². The highest BCUT2D eigenvalue weighted by molar-refractivity contribution is 5.74. The number of aromatic nitrogens is 3. The first kappa shape index (κ1) is 15.8. The van der Waals surface area contributed by atoms with Gasteiger partial charge < -0.3 is 9.32 Å². The van der Waals surface area contributed by atoms with Crippen molar-refractivity contribution in [3.63, 3.8) is 0 Å². The molecule has 1 saturated heterocycles. The minimum absolute atomic E-state index is 0.0835. The van der Waals surface area contributed by atoms with Crippen LogP contribution in [0.5, 0.6) is 0 Å². The SMILES string of the molecule is O=c1cccnn1CCN1CCN(c2nc3ccc(F)cc3o2)CC1. The molecular weight excluding hydrogens is 325 g/mol. The molecule has 1 fully saturated rings. The molecule has 0 atom stereocenters. The lowest BCUT2D eigenvalue weighted by molar-refractivity contribution is 0.239. The molecule has 0 unspecified atom stereocenters. The summed E-state index contributed by atoms with van der Waals surface area (Å²) < 4.78 is 20.4. The summed E-state index contributed by atoms with van der Waals surface area (Å²) in [5, 5.41) is 4.07. The molecule has 0 aliphatic carbocycles. The van der Waals surface area contributed by atoms with Gasteiger partial charge in [-0.25, -0.2) is 9.07 Å². The average molecular weight is 343 g/mol. The van der Waals surface area contributed by atoms with Crippen molar-refractivity contribution in [2.45, 2.75) is 6.54 Å². The first-order valence-electron chi connectivity index (χ1n) is 8.24. The van der Waals surface area contributed by atoms with Crippen molar-refractivity contribution in [3.05, 3.63) is 52.7 Å². The number of anilines is 1. The van der Waals surface area contributed by atoms with E-state index in [1.165, 1.54) is 22.9 Å². The Morgan fingerprint density at radius 2 is 1.96 bits per heavy atom. The molecule has 25 heavy (non-hydrogen) atoms. The normalized spacial score (nSPS) is 15.8. The molecule has 8 heteroatoms. The maximum absolute atomic E-state index is 13.3. The van der Waals surface area contributed by atoms with E-state index in [9.17, 15) is 9.18 Å². The molecule has 2 aromatic heterocycles. The molecule has 130 valence electrons. The lowest BCUT2D eigenvalue weighted by Crippen LogP contribution is -2.47. The highest BCUT2D eigenvalue weighted by atomic mass is 19.1. The van der Waals surface area contributed by atoms with Crippen molar-refractivity contribution < 1.29 is 8.81 Å². The van der Waals surface area contributed by atoms with Crippen LogP contribution in [0.1, 0.15) is 0 Å². The molecule has 4 rings (SSSR count). The molecule has 1 aromatic carbocycles. The smallest absolute Gasteiger partial charge is 0.298 e. The van der Waals surface area contributed by atoms with Gasteiger partial charge in [0.05, 0.1) is 6.54 Å². The van der Waals surface area contributed by atoms with Crippen LogP contribution in [0.2, 0.25) is 0 Å². The topological polar surface area (TPSA) is 67.4 Å². The van der Waals surface area contributed by atoms with Crippen LogP contribution in [0.25, 0.3) is 11.1 Å².